The molecule has 0 amide bonds. The Labute approximate surface area is 133 Å². The summed E-state index contributed by atoms with van der Waals surface area (Å²) >= 11 is 0. The fraction of sp³-hybridized carbons (Fsp3) is 0.625. The van der Waals surface area contributed by atoms with Gasteiger partial charge >= 0.3 is 0 Å². The Morgan fingerprint density at radius 2 is 1.77 bits per heavy atom. The SMILES string of the molecule is CCS(=O)(=O)N1CCN(Cc2ccccc2OC(C)C)CC1. The number of nitrogens with zero attached hydrogens (tertiary/aromatic N) is 2. The van der Waals surface area contributed by atoms with Gasteiger partial charge in [-0.2, -0.15) is 4.31 Å². The lowest BCUT2D eigenvalue weighted by molar-refractivity contribution is 0.176. The molecule has 1 aromatic rings. The predicted octanol–water partition coefficient (Wildman–Crippen LogP) is 1.94. The molecule has 1 fully saturated rings. The first kappa shape index (κ1) is 17.2. The highest BCUT2D eigenvalue weighted by Crippen LogP contribution is 2.22. The van der Waals surface area contributed by atoms with E-state index in [-0.39, 0.29) is 11.9 Å². The lowest BCUT2D eigenvalue weighted by Gasteiger charge is -2.34. The third-order valence-corrected chi connectivity index (χ3v) is 5.70. The molecule has 1 saturated heterocycles. The van der Waals surface area contributed by atoms with Crippen molar-refractivity contribution in [2.24, 2.45) is 0 Å². The summed E-state index contributed by atoms with van der Waals surface area (Å²) in [7, 11) is -3.06. The number of benzene rings is 1. The number of para-hydroxylation sites is 1. The van der Waals surface area contributed by atoms with E-state index in [1.54, 1.807) is 11.2 Å². The van der Waals surface area contributed by atoms with Crippen LogP contribution in [0.15, 0.2) is 24.3 Å². The highest BCUT2D eigenvalue weighted by molar-refractivity contribution is 7.89. The standard InChI is InChI=1S/C16H26N2O3S/c1-4-22(19,20)18-11-9-17(10-12-18)13-15-7-5-6-8-16(15)21-14(2)3/h5-8,14H,4,9-13H2,1-3H3. The van der Waals surface area contributed by atoms with E-state index >= 15 is 0 Å². The molecular weight excluding hydrogens is 300 g/mol. The van der Waals surface area contributed by atoms with Crippen LogP contribution in [-0.4, -0.2) is 55.7 Å². The maximum Gasteiger partial charge on any atom is 0.213 e. The van der Waals surface area contributed by atoms with Crippen molar-refractivity contribution in [1.29, 1.82) is 0 Å². The highest BCUT2D eigenvalue weighted by atomic mass is 32.2. The molecule has 6 heteroatoms. The molecule has 1 aliphatic rings. The van der Waals surface area contributed by atoms with Gasteiger partial charge in [0.05, 0.1) is 11.9 Å². The molecular formula is C16H26N2O3S. The number of rotatable bonds is 6. The maximum absolute atomic E-state index is 11.9. The van der Waals surface area contributed by atoms with Crippen LogP contribution in [0.5, 0.6) is 5.75 Å². The van der Waals surface area contributed by atoms with Gasteiger partial charge in [0.15, 0.2) is 0 Å². The van der Waals surface area contributed by atoms with Crippen LogP contribution in [0.2, 0.25) is 0 Å². The summed E-state index contributed by atoms with van der Waals surface area (Å²) in [6, 6.07) is 8.06. The van der Waals surface area contributed by atoms with E-state index in [0.29, 0.717) is 13.1 Å². The van der Waals surface area contributed by atoms with Gasteiger partial charge in [-0.25, -0.2) is 8.42 Å². The van der Waals surface area contributed by atoms with Gasteiger partial charge in [-0.05, 0) is 26.8 Å². The maximum atomic E-state index is 11.9. The van der Waals surface area contributed by atoms with Crippen molar-refractivity contribution in [3.05, 3.63) is 29.8 Å². The number of piperazine rings is 1. The molecule has 2 rings (SSSR count). The molecule has 1 heterocycles. The van der Waals surface area contributed by atoms with Crippen LogP contribution in [0.25, 0.3) is 0 Å². The Morgan fingerprint density at radius 1 is 1.14 bits per heavy atom. The quantitative estimate of drug-likeness (QED) is 0.802. The Bertz CT molecular complexity index is 579. The van der Waals surface area contributed by atoms with Crippen molar-refractivity contribution in [3.63, 3.8) is 0 Å². The fourth-order valence-corrected chi connectivity index (χ4v) is 3.68. The minimum atomic E-state index is -3.06. The van der Waals surface area contributed by atoms with Crippen LogP contribution in [0.3, 0.4) is 0 Å². The van der Waals surface area contributed by atoms with Crippen LogP contribution >= 0.6 is 0 Å². The lowest BCUT2D eigenvalue weighted by atomic mass is 10.1. The first-order valence-electron chi connectivity index (χ1n) is 7.87. The predicted molar refractivity (Wildman–Crippen MR) is 88.5 cm³/mol. The normalized spacial score (nSPS) is 17.8. The Morgan fingerprint density at radius 3 is 2.36 bits per heavy atom. The first-order valence-corrected chi connectivity index (χ1v) is 9.48. The zero-order valence-corrected chi connectivity index (χ0v) is 14.5. The largest absolute Gasteiger partial charge is 0.491 e. The second-order valence-corrected chi connectivity index (χ2v) is 8.11. The molecule has 0 radical (unpaired) electrons. The van der Waals surface area contributed by atoms with Gasteiger partial charge in [-0.15, -0.1) is 0 Å². The van der Waals surface area contributed by atoms with E-state index in [2.05, 4.69) is 11.0 Å². The van der Waals surface area contributed by atoms with E-state index in [1.807, 2.05) is 32.0 Å². The number of sulfonamides is 1. The van der Waals surface area contributed by atoms with E-state index < -0.39 is 10.0 Å². The van der Waals surface area contributed by atoms with Gasteiger partial charge in [-0.1, -0.05) is 18.2 Å². The topological polar surface area (TPSA) is 49.9 Å². The molecule has 0 aromatic heterocycles. The molecule has 22 heavy (non-hydrogen) atoms. The monoisotopic (exact) mass is 326 g/mol. The summed E-state index contributed by atoms with van der Waals surface area (Å²) in [6.07, 6.45) is 0.146. The van der Waals surface area contributed by atoms with Gasteiger partial charge < -0.3 is 4.74 Å². The average molecular weight is 326 g/mol. The van der Waals surface area contributed by atoms with Crippen LogP contribution in [-0.2, 0) is 16.6 Å². The van der Waals surface area contributed by atoms with Crippen molar-refractivity contribution in [2.45, 2.75) is 33.4 Å². The first-order chi connectivity index (χ1) is 10.4. The molecule has 1 aromatic carbocycles. The molecule has 0 atom stereocenters. The average Bonchev–Trinajstić information content (AvgIpc) is 2.49. The summed E-state index contributed by atoms with van der Waals surface area (Å²) in [5.74, 6) is 1.10. The molecule has 0 spiro atoms. The molecule has 0 N–H and O–H groups in total. The molecule has 124 valence electrons. The van der Waals surface area contributed by atoms with Gasteiger partial charge in [-0.3, -0.25) is 4.90 Å². The lowest BCUT2D eigenvalue weighted by Crippen LogP contribution is -2.48. The molecule has 0 unspecified atom stereocenters. The minimum absolute atomic E-state index is 0.146. The Hall–Kier alpha value is -1.11. The zero-order chi connectivity index (χ0) is 16.2. The van der Waals surface area contributed by atoms with E-state index in [0.717, 1.165) is 30.9 Å². The van der Waals surface area contributed by atoms with Crippen LogP contribution in [0, 0.1) is 0 Å². The van der Waals surface area contributed by atoms with Gasteiger partial charge in [0.25, 0.3) is 0 Å². The fourth-order valence-electron chi connectivity index (χ4n) is 2.59. The van der Waals surface area contributed by atoms with Crippen LogP contribution in [0.4, 0.5) is 0 Å². The van der Waals surface area contributed by atoms with Gasteiger partial charge in [0.2, 0.25) is 10.0 Å². The summed E-state index contributed by atoms with van der Waals surface area (Å²) in [4.78, 5) is 2.28. The van der Waals surface area contributed by atoms with Crippen LogP contribution in [0.1, 0.15) is 26.3 Å². The second-order valence-electron chi connectivity index (χ2n) is 5.85. The van der Waals surface area contributed by atoms with E-state index in [1.165, 1.54) is 0 Å². The van der Waals surface area contributed by atoms with Crippen LogP contribution < -0.4 is 4.74 Å². The summed E-state index contributed by atoms with van der Waals surface area (Å²) in [5.41, 5.74) is 1.16. The van der Waals surface area contributed by atoms with Gasteiger partial charge in [0.1, 0.15) is 5.75 Å². The highest BCUT2D eigenvalue weighted by Gasteiger charge is 2.25. The van der Waals surface area contributed by atoms with Crippen molar-refractivity contribution < 1.29 is 13.2 Å². The Kier molecular flexibility index (Phi) is 5.83. The second kappa shape index (κ2) is 7.44. The smallest absolute Gasteiger partial charge is 0.213 e. The molecule has 0 saturated carbocycles. The summed E-state index contributed by atoms with van der Waals surface area (Å²) in [6.45, 7) is 9.19. The van der Waals surface area contributed by atoms with E-state index in [4.69, 9.17) is 4.74 Å². The zero-order valence-electron chi connectivity index (χ0n) is 13.7. The van der Waals surface area contributed by atoms with Crippen molar-refractivity contribution in [2.75, 3.05) is 31.9 Å². The summed E-state index contributed by atoms with van der Waals surface area (Å²) in [5, 5.41) is 0. The van der Waals surface area contributed by atoms with Crippen molar-refractivity contribution in [1.82, 2.24) is 9.21 Å². The molecule has 1 aliphatic heterocycles. The van der Waals surface area contributed by atoms with Gasteiger partial charge in [0, 0.05) is 38.3 Å². The number of ether oxygens (including phenoxy) is 1. The van der Waals surface area contributed by atoms with E-state index in [9.17, 15) is 8.42 Å². The van der Waals surface area contributed by atoms with Crippen molar-refractivity contribution in [3.8, 4) is 5.75 Å². The molecule has 5 nitrogen and oxygen atoms in total. The summed E-state index contributed by atoms with van der Waals surface area (Å²) < 4.78 is 31.2. The Balaban J connectivity index is 1.97. The number of hydrogen-bond donors (Lipinski definition) is 0. The third kappa shape index (κ3) is 4.44. The number of hydrogen-bond acceptors (Lipinski definition) is 4. The molecule has 0 bridgehead atoms. The molecule has 0 aliphatic carbocycles. The minimum Gasteiger partial charge on any atom is -0.491 e. The van der Waals surface area contributed by atoms with Crippen molar-refractivity contribution >= 4 is 10.0 Å². The third-order valence-electron chi connectivity index (χ3n) is 3.82.